The van der Waals surface area contributed by atoms with Crippen LogP contribution in [0.3, 0.4) is 0 Å². The van der Waals surface area contributed by atoms with E-state index in [4.69, 9.17) is 0 Å². The number of hydrogen-bond acceptors (Lipinski definition) is 3. The molecule has 1 heterocycles. The van der Waals surface area contributed by atoms with Gasteiger partial charge in [-0.2, -0.15) is 11.8 Å². The van der Waals surface area contributed by atoms with Crippen molar-refractivity contribution in [2.24, 2.45) is 0 Å². The van der Waals surface area contributed by atoms with Crippen LogP contribution in [-0.4, -0.2) is 16.4 Å². The lowest BCUT2D eigenvalue weighted by Crippen LogP contribution is -2.07. The third-order valence-electron chi connectivity index (χ3n) is 2.77. The molecule has 1 saturated heterocycles. The van der Waals surface area contributed by atoms with Crippen LogP contribution in [0, 0.1) is 10.1 Å². The average molecular weight is 223 g/mol. The molecule has 0 N–H and O–H groups in total. The van der Waals surface area contributed by atoms with E-state index in [1.54, 1.807) is 18.2 Å². The van der Waals surface area contributed by atoms with Crippen LogP contribution in [0.25, 0.3) is 0 Å². The van der Waals surface area contributed by atoms with Crippen LogP contribution in [0.2, 0.25) is 0 Å². The normalized spacial score (nSPS) is 17.6. The van der Waals surface area contributed by atoms with Gasteiger partial charge in [-0.3, -0.25) is 10.1 Å². The summed E-state index contributed by atoms with van der Waals surface area (Å²) in [6.45, 7) is 0. The molecule has 0 spiro atoms. The minimum atomic E-state index is -0.318. The van der Waals surface area contributed by atoms with Gasteiger partial charge in [-0.05, 0) is 35.8 Å². The molecule has 0 saturated carbocycles. The number of hydrogen-bond donors (Lipinski definition) is 0. The van der Waals surface area contributed by atoms with Gasteiger partial charge in [-0.25, -0.2) is 0 Å². The molecule has 0 unspecified atom stereocenters. The number of rotatable bonds is 2. The molecular weight excluding hydrogens is 210 g/mol. The summed E-state index contributed by atoms with van der Waals surface area (Å²) in [5.41, 5.74) is 1.34. The van der Waals surface area contributed by atoms with Gasteiger partial charge in [0.05, 0.1) is 4.92 Å². The number of non-ortho nitro benzene ring substituents is 1. The fraction of sp³-hybridized carbons (Fsp3) is 0.455. The largest absolute Gasteiger partial charge is 0.269 e. The molecule has 15 heavy (non-hydrogen) atoms. The smallest absolute Gasteiger partial charge is 0.258 e. The third-order valence-corrected chi connectivity index (χ3v) is 3.82. The Hall–Kier alpha value is -1.03. The standard InChI is InChI=1S/C11H13NO2S/c13-12(14)11-3-1-2-10(8-11)9-4-6-15-7-5-9/h1-3,8-9H,4-7H2. The molecule has 0 radical (unpaired) electrons. The first-order chi connectivity index (χ1) is 7.27. The highest BCUT2D eigenvalue weighted by Crippen LogP contribution is 2.32. The van der Waals surface area contributed by atoms with Crippen molar-refractivity contribution in [2.45, 2.75) is 18.8 Å². The number of nitro benzene ring substituents is 1. The van der Waals surface area contributed by atoms with Gasteiger partial charge in [0.25, 0.3) is 5.69 Å². The lowest BCUT2D eigenvalue weighted by molar-refractivity contribution is -0.384. The lowest BCUT2D eigenvalue weighted by Gasteiger charge is -2.21. The monoisotopic (exact) mass is 223 g/mol. The first kappa shape index (κ1) is 10.5. The summed E-state index contributed by atoms with van der Waals surface area (Å²) in [6.07, 6.45) is 2.29. The highest BCUT2D eigenvalue weighted by molar-refractivity contribution is 7.99. The SMILES string of the molecule is O=[N+]([O-])c1cccc(C2CCSCC2)c1. The second-order valence-electron chi connectivity index (χ2n) is 3.74. The summed E-state index contributed by atoms with van der Waals surface area (Å²) in [4.78, 5) is 10.3. The summed E-state index contributed by atoms with van der Waals surface area (Å²) in [6, 6.07) is 7.07. The van der Waals surface area contributed by atoms with Crippen LogP contribution in [0.15, 0.2) is 24.3 Å². The van der Waals surface area contributed by atoms with Gasteiger partial charge in [-0.15, -0.1) is 0 Å². The van der Waals surface area contributed by atoms with Crippen LogP contribution in [0.4, 0.5) is 5.69 Å². The van der Waals surface area contributed by atoms with E-state index in [2.05, 4.69) is 0 Å². The Bertz CT molecular complexity index is 361. The molecule has 1 fully saturated rings. The van der Waals surface area contributed by atoms with Gasteiger partial charge in [0.2, 0.25) is 0 Å². The van der Waals surface area contributed by atoms with Gasteiger partial charge in [0, 0.05) is 12.1 Å². The van der Waals surface area contributed by atoms with Gasteiger partial charge in [0.1, 0.15) is 0 Å². The van der Waals surface area contributed by atoms with Crippen LogP contribution in [-0.2, 0) is 0 Å². The molecule has 1 aromatic rings. The molecule has 0 amide bonds. The van der Waals surface area contributed by atoms with Crippen molar-refractivity contribution >= 4 is 17.4 Å². The maximum atomic E-state index is 10.6. The minimum absolute atomic E-state index is 0.214. The Balaban J connectivity index is 2.19. The van der Waals surface area contributed by atoms with E-state index < -0.39 is 0 Å². The van der Waals surface area contributed by atoms with E-state index in [1.165, 1.54) is 11.5 Å². The molecule has 0 bridgehead atoms. The fourth-order valence-corrected chi connectivity index (χ4v) is 3.03. The maximum Gasteiger partial charge on any atom is 0.269 e. The zero-order valence-corrected chi connectivity index (χ0v) is 9.20. The quantitative estimate of drug-likeness (QED) is 0.571. The predicted octanol–water partition coefficient (Wildman–Crippen LogP) is 3.21. The number of benzene rings is 1. The number of nitro groups is 1. The molecule has 0 atom stereocenters. The lowest BCUT2D eigenvalue weighted by atomic mass is 9.93. The molecular formula is C11H13NO2S. The van der Waals surface area contributed by atoms with E-state index in [0.29, 0.717) is 5.92 Å². The molecule has 0 aromatic heterocycles. The van der Waals surface area contributed by atoms with E-state index >= 15 is 0 Å². The molecule has 0 aliphatic carbocycles. The first-order valence-corrected chi connectivity index (χ1v) is 6.25. The highest BCUT2D eigenvalue weighted by atomic mass is 32.2. The topological polar surface area (TPSA) is 43.1 Å². The van der Waals surface area contributed by atoms with Gasteiger partial charge < -0.3 is 0 Å². The van der Waals surface area contributed by atoms with Gasteiger partial charge in [0.15, 0.2) is 0 Å². The zero-order chi connectivity index (χ0) is 10.7. The molecule has 3 nitrogen and oxygen atoms in total. The second-order valence-corrected chi connectivity index (χ2v) is 4.96. The van der Waals surface area contributed by atoms with Crippen LogP contribution in [0.1, 0.15) is 24.3 Å². The minimum Gasteiger partial charge on any atom is -0.258 e. The van der Waals surface area contributed by atoms with E-state index in [9.17, 15) is 10.1 Å². The van der Waals surface area contributed by atoms with Crippen molar-refractivity contribution in [3.05, 3.63) is 39.9 Å². The third kappa shape index (κ3) is 2.50. The van der Waals surface area contributed by atoms with Crippen molar-refractivity contribution in [1.82, 2.24) is 0 Å². The van der Waals surface area contributed by atoms with Crippen molar-refractivity contribution < 1.29 is 4.92 Å². The second kappa shape index (κ2) is 4.66. The molecule has 1 aliphatic rings. The van der Waals surface area contributed by atoms with E-state index in [0.717, 1.165) is 18.4 Å². The summed E-state index contributed by atoms with van der Waals surface area (Å²) >= 11 is 1.97. The maximum absolute atomic E-state index is 10.6. The van der Waals surface area contributed by atoms with Crippen molar-refractivity contribution in [2.75, 3.05) is 11.5 Å². The van der Waals surface area contributed by atoms with Crippen molar-refractivity contribution in [1.29, 1.82) is 0 Å². The summed E-state index contributed by atoms with van der Waals surface area (Å²) in [5, 5.41) is 10.6. The average Bonchev–Trinajstić information content (AvgIpc) is 2.30. The molecule has 1 aromatic carbocycles. The van der Waals surface area contributed by atoms with Crippen LogP contribution >= 0.6 is 11.8 Å². The molecule has 80 valence electrons. The van der Waals surface area contributed by atoms with E-state index in [-0.39, 0.29) is 10.6 Å². The van der Waals surface area contributed by atoms with Gasteiger partial charge >= 0.3 is 0 Å². The Morgan fingerprint density at radius 1 is 1.33 bits per heavy atom. The predicted molar refractivity (Wildman–Crippen MR) is 62.4 cm³/mol. The van der Waals surface area contributed by atoms with E-state index in [1.807, 2.05) is 17.8 Å². The Morgan fingerprint density at radius 3 is 2.73 bits per heavy atom. The van der Waals surface area contributed by atoms with Crippen molar-refractivity contribution in [3.8, 4) is 0 Å². The molecule has 1 aliphatic heterocycles. The number of nitrogens with zero attached hydrogens (tertiary/aromatic N) is 1. The van der Waals surface area contributed by atoms with Gasteiger partial charge in [-0.1, -0.05) is 12.1 Å². The Morgan fingerprint density at radius 2 is 2.07 bits per heavy atom. The number of thioether (sulfide) groups is 1. The van der Waals surface area contributed by atoms with Crippen molar-refractivity contribution in [3.63, 3.8) is 0 Å². The summed E-state index contributed by atoms with van der Waals surface area (Å²) in [7, 11) is 0. The molecule has 4 heteroatoms. The highest BCUT2D eigenvalue weighted by Gasteiger charge is 2.17. The Labute approximate surface area is 93.0 Å². The van der Waals surface area contributed by atoms with Crippen LogP contribution in [0.5, 0.6) is 0 Å². The first-order valence-electron chi connectivity index (χ1n) is 5.09. The summed E-state index contributed by atoms with van der Waals surface area (Å²) < 4.78 is 0. The Kier molecular flexibility index (Phi) is 3.26. The summed E-state index contributed by atoms with van der Waals surface area (Å²) in [5.74, 6) is 2.87. The molecule has 2 rings (SSSR count). The van der Waals surface area contributed by atoms with Crippen LogP contribution < -0.4 is 0 Å². The fourth-order valence-electron chi connectivity index (χ4n) is 1.92. The zero-order valence-electron chi connectivity index (χ0n) is 8.39.